The van der Waals surface area contributed by atoms with Gasteiger partial charge in [-0.25, -0.2) is 4.98 Å². The fraction of sp³-hybridized carbons (Fsp3) is 0.304. The predicted octanol–water partition coefficient (Wildman–Crippen LogP) is 3.48. The topological polar surface area (TPSA) is 91.0 Å². The van der Waals surface area contributed by atoms with E-state index in [4.69, 9.17) is 0 Å². The first-order chi connectivity index (χ1) is 14.4. The Kier molecular flexibility index (Phi) is 5.35. The minimum atomic E-state index is -0.242. The third-order valence-electron chi connectivity index (χ3n) is 5.66. The average Bonchev–Trinajstić information content (AvgIpc) is 3.12. The Labute approximate surface area is 175 Å². The van der Waals surface area contributed by atoms with Gasteiger partial charge in [0.05, 0.1) is 17.4 Å². The van der Waals surface area contributed by atoms with Crippen LogP contribution in [0.3, 0.4) is 0 Å². The van der Waals surface area contributed by atoms with Crippen molar-refractivity contribution in [2.75, 3.05) is 16.8 Å². The van der Waals surface area contributed by atoms with Gasteiger partial charge in [0.1, 0.15) is 0 Å². The second-order valence-electron chi connectivity index (χ2n) is 7.76. The molecule has 2 atom stereocenters. The molecule has 0 aliphatic carbocycles. The number of aromatic amines is 1. The first-order valence-corrected chi connectivity index (χ1v) is 10.1. The van der Waals surface area contributed by atoms with Crippen molar-refractivity contribution in [3.63, 3.8) is 0 Å². The molecule has 3 aromatic rings. The van der Waals surface area contributed by atoms with E-state index in [0.717, 1.165) is 22.5 Å². The Bertz CT molecular complexity index is 1130. The maximum atomic E-state index is 12.7. The molecule has 2 aromatic heterocycles. The summed E-state index contributed by atoms with van der Waals surface area (Å²) in [6.07, 6.45) is 2.06. The van der Waals surface area contributed by atoms with Crippen molar-refractivity contribution in [1.82, 2.24) is 15.0 Å². The molecular formula is C23H25N5O2. The van der Waals surface area contributed by atoms with Crippen molar-refractivity contribution < 1.29 is 4.79 Å². The number of rotatable bonds is 5. The molecule has 1 saturated heterocycles. The first-order valence-electron chi connectivity index (χ1n) is 10.1. The van der Waals surface area contributed by atoms with Gasteiger partial charge < -0.3 is 10.2 Å². The van der Waals surface area contributed by atoms with Crippen molar-refractivity contribution in [2.24, 2.45) is 0 Å². The van der Waals surface area contributed by atoms with E-state index in [1.807, 2.05) is 57.2 Å². The molecule has 30 heavy (non-hydrogen) atoms. The van der Waals surface area contributed by atoms with Gasteiger partial charge in [-0.15, -0.1) is 0 Å². The minimum absolute atomic E-state index is 0.0483. The van der Waals surface area contributed by atoms with Gasteiger partial charge in [-0.1, -0.05) is 18.2 Å². The molecule has 154 valence electrons. The second kappa shape index (κ2) is 8.10. The number of H-pyrrole nitrogens is 1. The Morgan fingerprint density at radius 3 is 2.77 bits per heavy atom. The number of aryl methyl sites for hydroxylation is 1. The van der Waals surface area contributed by atoms with Crippen LogP contribution in [0.5, 0.6) is 0 Å². The maximum Gasteiger partial charge on any atom is 0.252 e. The van der Waals surface area contributed by atoms with Gasteiger partial charge in [0.2, 0.25) is 11.9 Å². The molecule has 2 N–H and O–H groups in total. The highest BCUT2D eigenvalue weighted by Crippen LogP contribution is 2.33. The summed E-state index contributed by atoms with van der Waals surface area (Å²) in [5, 5.41) is 3.21. The lowest BCUT2D eigenvalue weighted by Gasteiger charge is -2.20. The fourth-order valence-electron chi connectivity index (χ4n) is 3.83. The Balaban J connectivity index is 1.57. The van der Waals surface area contributed by atoms with Crippen molar-refractivity contribution >= 4 is 17.5 Å². The summed E-state index contributed by atoms with van der Waals surface area (Å²) in [7, 11) is 0. The van der Waals surface area contributed by atoms with Crippen molar-refractivity contribution in [1.29, 1.82) is 0 Å². The molecule has 1 amide bonds. The molecular weight excluding hydrogens is 378 g/mol. The molecule has 0 unspecified atom stereocenters. The largest absolute Gasteiger partial charge is 0.348 e. The Morgan fingerprint density at radius 2 is 2.00 bits per heavy atom. The molecule has 1 fully saturated rings. The van der Waals surface area contributed by atoms with Gasteiger partial charge in [0, 0.05) is 36.8 Å². The normalized spacial score (nSPS) is 17.2. The van der Waals surface area contributed by atoms with Crippen LogP contribution in [0.1, 0.15) is 47.8 Å². The Morgan fingerprint density at radius 1 is 1.17 bits per heavy atom. The van der Waals surface area contributed by atoms with Crippen LogP contribution in [-0.2, 0) is 4.79 Å². The number of hydrogen-bond acceptors (Lipinski definition) is 5. The van der Waals surface area contributed by atoms with Gasteiger partial charge >= 0.3 is 0 Å². The SMILES string of the molecule is Cc1cccc(N2C[C@H](c3cc(=O)[nH]c(N[C@H](C)c4ccccn4)n3)CC2=O)c1C. The van der Waals surface area contributed by atoms with E-state index in [1.54, 1.807) is 11.1 Å². The summed E-state index contributed by atoms with van der Waals surface area (Å²) in [4.78, 5) is 38.5. The highest BCUT2D eigenvalue weighted by atomic mass is 16.2. The summed E-state index contributed by atoms with van der Waals surface area (Å²) in [6, 6.07) is 13.0. The molecule has 4 rings (SSSR count). The van der Waals surface area contributed by atoms with Gasteiger partial charge in [-0.3, -0.25) is 19.6 Å². The standard InChI is InChI=1S/C23H25N5O2/c1-14-7-6-9-20(15(14)2)28-13-17(11-22(28)30)19-12-21(29)27-23(26-19)25-16(3)18-8-4-5-10-24-18/h4-10,12,16-17H,11,13H2,1-3H3,(H2,25,26,27,29)/t16-,17-/m1/s1. The molecule has 0 radical (unpaired) electrons. The van der Waals surface area contributed by atoms with Crippen molar-refractivity contribution in [3.8, 4) is 0 Å². The zero-order valence-corrected chi connectivity index (χ0v) is 17.3. The third kappa shape index (κ3) is 3.96. The number of benzene rings is 1. The molecule has 0 saturated carbocycles. The molecule has 1 aliphatic heterocycles. The van der Waals surface area contributed by atoms with E-state index in [2.05, 4.69) is 20.3 Å². The Hall–Kier alpha value is -3.48. The number of pyridine rings is 1. The lowest BCUT2D eigenvalue weighted by molar-refractivity contribution is -0.117. The lowest BCUT2D eigenvalue weighted by atomic mass is 10.0. The summed E-state index contributed by atoms with van der Waals surface area (Å²) >= 11 is 0. The predicted molar refractivity (Wildman–Crippen MR) is 117 cm³/mol. The van der Waals surface area contributed by atoms with Crippen LogP contribution in [0.4, 0.5) is 11.6 Å². The monoisotopic (exact) mass is 403 g/mol. The highest BCUT2D eigenvalue weighted by Gasteiger charge is 2.33. The number of carbonyl (C=O) groups is 1. The summed E-state index contributed by atoms with van der Waals surface area (Å²) in [6.45, 7) is 6.53. The van der Waals surface area contributed by atoms with Crippen molar-refractivity contribution in [3.05, 3.63) is 81.5 Å². The summed E-state index contributed by atoms with van der Waals surface area (Å²) < 4.78 is 0. The molecule has 0 bridgehead atoms. The van der Waals surface area contributed by atoms with Gasteiger partial charge in [0.25, 0.3) is 5.56 Å². The van der Waals surface area contributed by atoms with E-state index in [-0.39, 0.29) is 23.4 Å². The number of amides is 1. The second-order valence-corrected chi connectivity index (χ2v) is 7.76. The molecule has 7 nitrogen and oxygen atoms in total. The van der Waals surface area contributed by atoms with Crippen LogP contribution in [0, 0.1) is 13.8 Å². The van der Waals surface area contributed by atoms with Gasteiger partial charge in [-0.2, -0.15) is 0 Å². The van der Waals surface area contributed by atoms with Crippen LogP contribution >= 0.6 is 0 Å². The zero-order chi connectivity index (χ0) is 21.3. The molecule has 1 aromatic carbocycles. The number of anilines is 2. The number of nitrogens with one attached hydrogen (secondary N) is 2. The highest BCUT2D eigenvalue weighted by molar-refractivity contribution is 5.97. The fourth-order valence-corrected chi connectivity index (χ4v) is 3.83. The first kappa shape index (κ1) is 19.8. The number of carbonyl (C=O) groups excluding carboxylic acids is 1. The van der Waals surface area contributed by atoms with E-state index in [1.165, 1.54) is 6.07 Å². The van der Waals surface area contributed by atoms with Gasteiger partial charge in [0.15, 0.2) is 0 Å². The third-order valence-corrected chi connectivity index (χ3v) is 5.66. The summed E-state index contributed by atoms with van der Waals surface area (Å²) in [5.74, 6) is 0.297. The molecule has 1 aliphatic rings. The van der Waals surface area contributed by atoms with Gasteiger partial charge in [-0.05, 0) is 50.1 Å². The maximum absolute atomic E-state index is 12.7. The van der Waals surface area contributed by atoms with E-state index < -0.39 is 0 Å². The quantitative estimate of drug-likeness (QED) is 0.681. The van der Waals surface area contributed by atoms with Crippen LogP contribution < -0.4 is 15.8 Å². The average molecular weight is 403 g/mol. The smallest absolute Gasteiger partial charge is 0.252 e. The summed E-state index contributed by atoms with van der Waals surface area (Å²) in [5.41, 5.74) is 4.39. The van der Waals surface area contributed by atoms with Crippen LogP contribution in [-0.4, -0.2) is 27.4 Å². The molecule has 7 heteroatoms. The lowest BCUT2D eigenvalue weighted by Crippen LogP contribution is -2.25. The number of aromatic nitrogens is 3. The van der Waals surface area contributed by atoms with E-state index >= 15 is 0 Å². The zero-order valence-electron chi connectivity index (χ0n) is 17.3. The number of hydrogen-bond donors (Lipinski definition) is 2. The van der Waals surface area contributed by atoms with Crippen LogP contribution in [0.15, 0.2) is 53.5 Å². The molecule has 3 heterocycles. The van der Waals surface area contributed by atoms with E-state index in [9.17, 15) is 9.59 Å². The number of nitrogens with zero attached hydrogens (tertiary/aromatic N) is 3. The van der Waals surface area contributed by atoms with Crippen molar-refractivity contribution in [2.45, 2.75) is 39.2 Å². The minimum Gasteiger partial charge on any atom is -0.348 e. The van der Waals surface area contributed by atoms with E-state index in [0.29, 0.717) is 24.6 Å². The molecule has 0 spiro atoms. The van der Waals surface area contributed by atoms with Crippen LogP contribution in [0.25, 0.3) is 0 Å². The van der Waals surface area contributed by atoms with Crippen LogP contribution in [0.2, 0.25) is 0 Å².